The monoisotopic (exact) mass is 597 g/mol. The van der Waals surface area contributed by atoms with Crippen LogP contribution in [0.25, 0.3) is 12.2 Å². The van der Waals surface area contributed by atoms with Gasteiger partial charge in [-0.15, -0.1) is 0 Å². The van der Waals surface area contributed by atoms with Crippen molar-refractivity contribution < 1.29 is 23.7 Å². The van der Waals surface area contributed by atoms with E-state index < -0.39 is 0 Å². The van der Waals surface area contributed by atoms with Crippen molar-refractivity contribution in [3.05, 3.63) is 58.7 Å². The van der Waals surface area contributed by atoms with Crippen LogP contribution in [-0.2, 0) is 4.79 Å². The first-order chi connectivity index (χ1) is 19.1. The van der Waals surface area contributed by atoms with Crippen LogP contribution in [0.2, 0.25) is 0 Å². The average molecular weight is 599 g/mol. The summed E-state index contributed by atoms with van der Waals surface area (Å²) in [7, 11) is 3.28. The molecular weight excluding hydrogens is 558 g/mol. The van der Waals surface area contributed by atoms with Crippen molar-refractivity contribution in [1.29, 1.82) is 0 Å². The molecule has 0 radical (unpaired) electrons. The fraction of sp³-hybridized carbons (Fsp3) is 0.469. The van der Waals surface area contributed by atoms with E-state index in [0.717, 1.165) is 52.7 Å². The smallest absolute Gasteiger partial charge is 0.185 e. The molecule has 2 aromatic carbocycles. The molecule has 210 valence electrons. The highest BCUT2D eigenvalue weighted by Gasteiger charge is 2.23. The van der Waals surface area contributed by atoms with Gasteiger partial charge in [0.25, 0.3) is 0 Å². The predicted octanol–water partition coefficient (Wildman–Crippen LogP) is 6.95. The third kappa shape index (κ3) is 8.36. The first kappa shape index (κ1) is 29.2. The van der Waals surface area contributed by atoms with Gasteiger partial charge in [0, 0.05) is 23.0 Å². The van der Waals surface area contributed by atoms with E-state index in [4.69, 9.17) is 18.9 Å². The number of hydrogen-bond donors (Lipinski definition) is 0. The molecule has 1 saturated carbocycles. The summed E-state index contributed by atoms with van der Waals surface area (Å²) in [4.78, 5) is 15.7. The van der Waals surface area contributed by atoms with Crippen LogP contribution < -0.4 is 18.9 Å². The Bertz CT molecular complexity index is 1170. The fourth-order valence-electron chi connectivity index (χ4n) is 5.06. The summed E-state index contributed by atoms with van der Waals surface area (Å²) >= 11 is 3.41. The van der Waals surface area contributed by atoms with Gasteiger partial charge in [0.2, 0.25) is 0 Å². The molecule has 2 aliphatic rings. The predicted molar refractivity (Wildman–Crippen MR) is 160 cm³/mol. The summed E-state index contributed by atoms with van der Waals surface area (Å²) in [6.07, 6.45) is 11.2. The van der Waals surface area contributed by atoms with Crippen LogP contribution in [0.1, 0.15) is 56.1 Å². The number of nitrogens with zero attached hydrogens (tertiary/aromatic N) is 1. The van der Waals surface area contributed by atoms with Gasteiger partial charge < -0.3 is 23.8 Å². The Labute approximate surface area is 241 Å². The number of allylic oxidation sites excluding steroid dienone is 2. The molecule has 0 N–H and O–H groups in total. The molecule has 6 nitrogen and oxygen atoms in total. The molecule has 1 aliphatic carbocycles. The van der Waals surface area contributed by atoms with E-state index in [9.17, 15) is 4.79 Å². The molecular formula is C32H40BrNO5. The minimum Gasteiger partial charge on any atom is -0.493 e. The Morgan fingerprint density at radius 1 is 0.769 bits per heavy atom. The quantitative estimate of drug-likeness (QED) is 0.141. The van der Waals surface area contributed by atoms with E-state index in [1.165, 1.54) is 32.4 Å². The second kappa shape index (κ2) is 15.1. The first-order valence-electron chi connectivity index (χ1n) is 14.0. The molecule has 39 heavy (non-hydrogen) atoms. The molecule has 0 bridgehead atoms. The number of carbonyl (C=O) groups is 1. The molecule has 2 fully saturated rings. The third-order valence-electron chi connectivity index (χ3n) is 7.16. The van der Waals surface area contributed by atoms with E-state index in [2.05, 4.69) is 20.8 Å². The second-order valence-electron chi connectivity index (χ2n) is 9.98. The van der Waals surface area contributed by atoms with Gasteiger partial charge in [-0.3, -0.25) is 4.79 Å². The van der Waals surface area contributed by atoms with Crippen molar-refractivity contribution in [3.63, 3.8) is 0 Å². The SMILES string of the molecule is COc1cc(/C=C2\CC/C(=C\c3ccc(OCCCN4CCCCC4)c(OC)c3)C2=O)ccc1OCCCBr. The van der Waals surface area contributed by atoms with Crippen LogP contribution in [-0.4, -0.2) is 63.1 Å². The van der Waals surface area contributed by atoms with Crippen molar-refractivity contribution in [1.82, 2.24) is 4.90 Å². The zero-order valence-corrected chi connectivity index (χ0v) is 24.8. The van der Waals surface area contributed by atoms with Gasteiger partial charge in [0.15, 0.2) is 28.8 Å². The Hall–Kier alpha value is -2.77. The van der Waals surface area contributed by atoms with Crippen molar-refractivity contribution in [2.75, 3.05) is 52.4 Å². The summed E-state index contributed by atoms with van der Waals surface area (Å²) in [6.45, 7) is 4.76. The summed E-state index contributed by atoms with van der Waals surface area (Å²) in [5.41, 5.74) is 3.47. The number of hydrogen-bond acceptors (Lipinski definition) is 6. The highest BCUT2D eigenvalue weighted by molar-refractivity contribution is 9.09. The van der Waals surface area contributed by atoms with Crippen molar-refractivity contribution in [2.24, 2.45) is 0 Å². The number of rotatable bonds is 13. The normalized spacial score (nSPS) is 18.1. The lowest BCUT2D eigenvalue weighted by Crippen LogP contribution is -2.31. The third-order valence-corrected chi connectivity index (χ3v) is 7.73. The van der Waals surface area contributed by atoms with Gasteiger partial charge in [-0.25, -0.2) is 0 Å². The van der Waals surface area contributed by atoms with Gasteiger partial charge in [0.05, 0.1) is 27.4 Å². The lowest BCUT2D eigenvalue weighted by Gasteiger charge is -2.26. The number of methoxy groups -OCH3 is 2. The van der Waals surface area contributed by atoms with Crippen molar-refractivity contribution in [3.8, 4) is 23.0 Å². The van der Waals surface area contributed by atoms with Crippen LogP contribution in [0, 0.1) is 0 Å². The molecule has 2 aromatic rings. The molecule has 4 rings (SSSR count). The van der Waals surface area contributed by atoms with Gasteiger partial charge >= 0.3 is 0 Å². The van der Waals surface area contributed by atoms with Gasteiger partial charge in [-0.2, -0.15) is 0 Å². The Morgan fingerprint density at radius 3 is 1.82 bits per heavy atom. The highest BCUT2D eigenvalue weighted by Crippen LogP contribution is 2.34. The van der Waals surface area contributed by atoms with Crippen LogP contribution in [0.4, 0.5) is 0 Å². The Morgan fingerprint density at radius 2 is 1.31 bits per heavy atom. The standard InChI is InChI=1S/C32H40BrNO5/c1-36-30-22-24(8-12-28(30)38-18-6-14-33)20-26-10-11-27(32(26)35)21-25-9-13-29(31(23-25)37-2)39-19-7-17-34-15-4-3-5-16-34/h8-9,12-13,20-23H,3-7,10-11,14-19H2,1-2H3/b26-20+,27-21+. The molecule has 0 aromatic heterocycles. The minimum atomic E-state index is 0.0867. The Balaban J connectivity index is 1.37. The number of Topliss-reactive ketones (excluding diaryl/α,β-unsaturated/α-hetero) is 1. The van der Waals surface area contributed by atoms with Crippen molar-refractivity contribution >= 4 is 33.9 Å². The summed E-state index contributed by atoms with van der Waals surface area (Å²) in [6, 6.07) is 11.7. The molecule has 7 heteroatoms. The number of carbonyl (C=O) groups excluding carboxylic acids is 1. The Kier molecular flexibility index (Phi) is 11.3. The zero-order valence-electron chi connectivity index (χ0n) is 23.2. The van der Waals surface area contributed by atoms with E-state index in [1.54, 1.807) is 14.2 Å². The highest BCUT2D eigenvalue weighted by atomic mass is 79.9. The number of likely N-dealkylation sites (tertiary alicyclic amines) is 1. The van der Waals surface area contributed by atoms with E-state index in [0.29, 0.717) is 43.3 Å². The fourth-order valence-corrected chi connectivity index (χ4v) is 5.29. The first-order valence-corrected chi connectivity index (χ1v) is 15.1. The minimum absolute atomic E-state index is 0.0867. The summed E-state index contributed by atoms with van der Waals surface area (Å²) in [5.74, 6) is 2.89. The number of benzene rings is 2. The van der Waals surface area contributed by atoms with Crippen LogP contribution in [0.3, 0.4) is 0 Å². The number of piperidine rings is 1. The van der Waals surface area contributed by atoms with E-state index in [-0.39, 0.29) is 5.78 Å². The molecule has 0 atom stereocenters. The maximum atomic E-state index is 13.2. The van der Waals surface area contributed by atoms with E-state index >= 15 is 0 Å². The van der Waals surface area contributed by atoms with E-state index in [1.807, 2.05) is 48.6 Å². The number of ether oxygens (including phenoxy) is 4. The van der Waals surface area contributed by atoms with Crippen molar-refractivity contribution in [2.45, 2.75) is 44.9 Å². The maximum Gasteiger partial charge on any atom is 0.185 e. The zero-order chi connectivity index (χ0) is 27.5. The number of halogens is 1. The molecule has 1 aliphatic heterocycles. The van der Waals surface area contributed by atoms with Gasteiger partial charge in [0.1, 0.15) is 0 Å². The largest absolute Gasteiger partial charge is 0.493 e. The molecule has 1 saturated heterocycles. The second-order valence-corrected chi connectivity index (χ2v) is 10.8. The summed E-state index contributed by atoms with van der Waals surface area (Å²) in [5, 5.41) is 0.890. The molecule has 0 unspecified atom stereocenters. The van der Waals surface area contributed by atoms with Gasteiger partial charge in [-0.1, -0.05) is 34.5 Å². The van der Waals surface area contributed by atoms with Gasteiger partial charge in [-0.05, 0) is 99.2 Å². The maximum absolute atomic E-state index is 13.2. The lowest BCUT2D eigenvalue weighted by atomic mass is 10.1. The molecule has 1 heterocycles. The number of ketones is 1. The molecule has 0 spiro atoms. The summed E-state index contributed by atoms with van der Waals surface area (Å²) < 4.78 is 23.0. The number of alkyl halides is 1. The lowest BCUT2D eigenvalue weighted by molar-refractivity contribution is -0.111. The molecule has 0 amide bonds. The van der Waals surface area contributed by atoms with Crippen LogP contribution in [0.15, 0.2) is 47.5 Å². The van der Waals surface area contributed by atoms with Crippen LogP contribution >= 0.6 is 15.9 Å². The average Bonchev–Trinajstić information content (AvgIpc) is 3.30. The topological polar surface area (TPSA) is 57.2 Å². The van der Waals surface area contributed by atoms with Crippen LogP contribution in [0.5, 0.6) is 23.0 Å².